The number of primary amides is 1. The molecule has 19 nitrogen and oxygen atoms in total. The van der Waals surface area contributed by atoms with Gasteiger partial charge < -0.3 is 35.5 Å². The highest BCUT2D eigenvalue weighted by atomic mass is 32.2. The minimum Gasteiger partial charge on any atom is -0.497 e. The highest BCUT2D eigenvalue weighted by Crippen LogP contribution is 2.41. The lowest BCUT2D eigenvalue weighted by Crippen LogP contribution is -2.48. The number of nitrogens with two attached hydrogens (primary N) is 2. The third-order valence-corrected chi connectivity index (χ3v) is 13.8. The first-order valence-electron chi connectivity index (χ1n) is 20.0. The first-order valence-corrected chi connectivity index (χ1v) is 22.9. The average Bonchev–Trinajstić information content (AvgIpc) is 3.75. The number of aliphatic hydroxyl groups is 1. The van der Waals surface area contributed by atoms with Crippen molar-refractivity contribution in [2.75, 3.05) is 33.6 Å². The summed E-state index contributed by atoms with van der Waals surface area (Å²) in [6.45, 7) is 3.86. The summed E-state index contributed by atoms with van der Waals surface area (Å²) < 4.78 is 86.1. The Balaban J connectivity index is 1.61. The van der Waals surface area contributed by atoms with Gasteiger partial charge in [-0.25, -0.2) is 31.3 Å². The van der Waals surface area contributed by atoms with E-state index in [0.29, 0.717) is 33.9 Å². The van der Waals surface area contributed by atoms with Crippen molar-refractivity contribution in [1.82, 2.24) is 34.2 Å². The van der Waals surface area contributed by atoms with E-state index in [2.05, 4.69) is 25.1 Å². The van der Waals surface area contributed by atoms with Gasteiger partial charge in [-0.2, -0.15) is 9.10 Å². The van der Waals surface area contributed by atoms with Gasteiger partial charge in [0, 0.05) is 24.8 Å². The molecule has 6 aromatic rings. The predicted molar refractivity (Wildman–Crippen MR) is 241 cm³/mol. The zero-order valence-corrected chi connectivity index (χ0v) is 38.2. The van der Waals surface area contributed by atoms with Crippen molar-refractivity contribution < 1.29 is 45.7 Å². The van der Waals surface area contributed by atoms with E-state index in [0.717, 1.165) is 15.9 Å². The molecule has 0 bridgehead atoms. The van der Waals surface area contributed by atoms with Crippen molar-refractivity contribution in [2.24, 2.45) is 11.1 Å². The van der Waals surface area contributed by atoms with Crippen molar-refractivity contribution in [3.05, 3.63) is 120 Å². The van der Waals surface area contributed by atoms with Gasteiger partial charge in [-0.15, -0.1) is 10.2 Å². The van der Waals surface area contributed by atoms with Gasteiger partial charge in [0.1, 0.15) is 39.0 Å². The molecule has 1 amide bonds. The molecule has 0 aliphatic rings. The second-order valence-electron chi connectivity index (χ2n) is 15.9. The maximum Gasteiger partial charge on any atom is 0.404 e. The smallest absolute Gasteiger partial charge is 0.404 e. The number of sulfonamides is 2. The fourth-order valence-electron chi connectivity index (χ4n) is 6.78. The summed E-state index contributed by atoms with van der Waals surface area (Å²) in [5.74, 6) is 1.62. The molecule has 0 aliphatic carbocycles. The summed E-state index contributed by atoms with van der Waals surface area (Å²) in [5.41, 5.74) is 12.5. The molecular formula is C44H51N9O10S2. The third kappa shape index (κ3) is 11.5. The number of rotatable bonds is 19. The van der Waals surface area contributed by atoms with Gasteiger partial charge in [0.25, 0.3) is 0 Å². The summed E-state index contributed by atoms with van der Waals surface area (Å²) in [4.78, 5) is 16.0. The second-order valence-corrected chi connectivity index (χ2v) is 19.5. The molecule has 2 atom stereocenters. The Kier molecular flexibility index (Phi) is 14.7. The Bertz CT molecular complexity index is 2750. The SMILES string of the molecule is COc1ccc(CN(Cc2ccc(OC)cc2)S(=O)(=O)c2c(S(=O)(=O)NCC(OC(N)=O)C(O)C(C)(C)C)ccc(-c3ccc(N)nc3)c2-c2nnn(Cc3ccc(OC)cc3)n2)cc1. The Morgan fingerprint density at radius 1 is 0.800 bits per heavy atom. The molecule has 0 radical (unpaired) electrons. The van der Waals surface area contributed by atoms with Crippen molar-refractivity contribution in [2.45, 2.75) is 62.4 Å². The molecule has 2 aromatic heterocycles. The van der Waals surface area contributed by atoms with Crippen LogP contribution in [0.2, 0.25) is 0 Å². The standard InChI is InChI=1S/C44H51N9O10S2/c1-44(2,3)41(54)36(63-43(46)55)24-48-64(56,57)37-21-20-35(31-13-22-38(45)47-23-31)39(42-49-51-53(50-42)27-30-11-18-34(62-6)19-12-30)40(37)65(58,59)52(25-28-7-14-32(60-4)15-8-28)26-29-9-16-33(61-5)17-10-29/h7-23,36,41,48,54H,24-27H2,1-6H3,(H2,45,47)(H2,46,55). The predicted octanol–water partition coefficient (Wildman–Crippen LogP) is 4.60. The van der Waals surface area contributed by atoms with E-state index in [9.17, 15) is 18.3 Å². The van der Waals surface area contributed by atoms with Crippen LogP contribution in [-0.2, 0) is 44.4 Å². The van der Waals surface area contributed by atoms with Crippen LogP contribution in [0.3, 0.4) is 0 Å². The van der Waals surface area contributed by atoms with Gasteiger partial charge >= 0.3 is 6.09 Å². The lowest BCUT2D eigenvalue weighted by Gasteiger charge is -2.32. The van der Waals surface area contributed by atoms with Gasteiger partial charge in [0.05, 0.1) is 46.1 Å². The molecule has 2 unspecified atom stereocenters. The maximum atomic E-state index is 15.9. The van der Waals surface area contributed by atoms with E-state index in [1.807, 2.05) is 0 Å². The Labute approximate surface area is 377 Å². The quantitative estimate of drug-likeness (QED) is 0.0865. The number of carbonyl (C=O) groups excluding carboxylic acids is 1. The monoisotopic (exact) mass is 929 g/mol. The fraction of sp³-hybridized carbons (Fsp3) is 0.295. The van der Waals surface area contributed by atoms with E-state index in [1.165, 1.54) is 37.3 Å². The van der Waals surface area contributed by atoms with Crippen LogP contribution in [-0.4, -0.2) is 97.6 Å². The van der Waals surface area contributed by atoms with Crippen molar-refractivity contribution >= 4 is 32.0 Å². The number of ether oxygens (including phenoxy) is 4. The topological polar surface area (TPSA) is 266 Å². The number of aromatic nitrogens is 5. The van der Waals surface area contributed by atoms with Crippen LogP contribution in [0.15, 0.2) is 113 Å². The molecule has 0 aliphatic heterocycles. The highest BCUT2D eigenvalue weighted by molar-refractivity contribution is 7.92. The molecule has 2 heterocycles. The zero-order chi connectivity index (χ0) is 47.1. The molecule has 4 aromatic carbocycles. The minimum absolute atomic E-state index is 0.0931. The number of nitrogen functional groups attached to an aromatic ring is 1. The number of hydrogen-bond acceptors (Lipinski definition) is 15. The number of amides is 1. The van der Waals surface area contributed by atoms with Crippen molar-refractivity contribution in [3.63, 3.8) is 0 Å². The number of carbonyl (C=O) groups is 1. The van der Waals surface area contributed by atoms with E-state index < -0.39 is 60.1 Å². The van der Waals surface area contributed by atoms with E-state index >= 15 is 8.42 Å². The zero-order valence-electron chi connectivity index (χ0n) is 36.6. The number of nitrogens with one attached hydrogen (secondary N) is 1. The number of hydrogen-bond donors (Lipinski definition) is 4. The first kappa shape index (κ1) is 47.8. The molecule has 0 spiro atoms. The lowest BCUT2D eigenvalue weighted by molar-refractivity contribution is -0.0458. The lowest BCUT2D eigenvalue weighted by atomic mass is 9.86. The van der Waals surface area contributed by atoms with E-state index in [4.69, 9.17) is 30.4 Å². The summed E-state index contributed by atoms with van der Waals surface area (Å²) in [6, 6.07) is 26.2. The first-order chi connectivity index (χ1) is 30.8. The third-order valence-electron chi connectivity index (χ3n) is 10.3. The Hall–Kier alpha value is -6.65. The van der Waals surface area contributed by atoms with Crippen LogP contribution in [0, 0.1) is 5.41 Å². The average molecular weight is 930 g/mol. The molecule has 344 valence electrons. The number of benzene rings is 4. The normalized spacial score (nSPS) is 13.0. The van der Waals surface area contributed by atoms with E-state index in [-0.39, 0.29) is 42.4 Å². The largest absolute Gasteiger partial charge is 0.497 e. The van der Waals surface area contributed by atoms with Crippen LogP contribution in [0.1, 0.15) is 37.5 Å². The number of tetrazole rings is 1. The van der Waals surface area contributed by atoms with Gasteiger partial charge in [-0.1, -0.05) is 63.2 Å². The van der Waals surface area contributed by atoms with Gasteiger partial charge in [-0.05, 0) is 87.5 Å². The number of methoxy groups -OCH3 is 3. The minimum atomic E-state index is -4.99. The summed E-state index contributed by atoms with van der Waals surface area (Å²) in [7, 11) is -5.37. The van der Waals surface area contributed by atoms with Crippen LogP contribution >= 0.6 is 0 Å². The highest BCUT2D eigenvalue weighted by Gasteiger charge is 2.39. The number of aliphatic hydroxyl groups excluding tert-OH is 1. The summed E-state index contributed by atoms with van der Waals surface area (Å²) in [6.07, 6.45) is -2.75. The molecule has 65 heavy (non-hydrogen) atoms. The van der Waals surface area contributed by atoms with Crippen molar-refractivity contribution in [3.8, 4) is 39.8 Å². The maximum absolute atomic E-state index is 15.9. The van der Waals surface area contributed by atoms with Gasteiger partial charge in [0.2, 0.25) is 25.9 Å². The van der Waals surface area contributed by atoms with Gasteiger partial charge in [-0.3, -0.25) is 0 Å². The van der Waals surface area contributed by atoms with Crippen LogP contribution < -0.4 is 30.4 Å². The van der Waals surface area contributed by atoms with Crippen LogP contribution in [0.25, 0.3) is 22.5 Å². The molecule has 0 saturated heterocycles. The van der Waals surface area contributed by atoms with Crippen LogP contribution in [0.4, 0.5) is 10.6 Å². The molecule has 0 saturated carbocycles. The Morgan fingerprint density at radius 2 is 1.34 bits per heavy atom. The number of anilines is 1. The Morgan fingerprint density at radius 3 is 1.82 bits per heavy atom. The van der Waals surface area contributed by atoms with E-state index in [1.54, 1.807) is 107 Å². The number of nitrogens with zero attached hydrogens (tertiary/aromatic N) is 6. The second kappa shape index (κ2) is 20.0. The summed E-state index contributed by atoms with van der Waals surface area (Å²) >= 11 is 0. The molecular weight excluding hydrogens is 879 g/mol. The van der Waals surface area contributed by atoms with Crippen molar-refractivity contribution in [1.29, 1.82) is 0 Å². The molecule has 6 rings (SSSR count). The number of pyridine rings is 1. The van der Waals surface area contributed by atoms with Gasteiger partial charge in [0.15, 0.2) is 0 Å². The molecule has 6 N–H and O–H groups in total. The van der Waals surface area contributed by atoms with Crippen LogP contribution in [0.5, 0.6) is 17.2 Å². The fourth-order valence-corrected chi connectivity index (χ4v) is 10.2. The molecule has 0 fully saturated rings. The summed E-state index contributed by atoms with van der Waals surface area (Å²) in [5, 5.41) is 24.4. The molecule has 21 heteroatoms.